The highest BCUT2D eigenvalue weighted by molar-refractivity contribution is 6.04. The molecule has 25 heavy (non-hydrogen) atoms. The summed E-state index contributed by atoms with van der Waals surface area (Å²) in [5.74, 6) is 0.0706. The third-order valence-electron chi connectivity index (χ3n) is 4.47. The Hall–Kier alpha value is -2.82. The number of anilines is 2. The van der Waals surface area contributed by atoms with Gasteiger partial charge in [-0.2, -0.15) is 0 Å². The van der Waals surface area contributed by atoms with Gasteiger partial charge in [0.2, 0.25) is 11.8 Å². The van der Waals surface area contributed by atoms with Gasteiger partial charge in [-0.3, -0.25) is 9.59 Å². The van der Waals surface area contributed by atoms with Gasteiger partial charge in [0.1, 0.15) is 5.75 Å². The van der Waals surface area contributed by atoms with E-state index < -0.39 is 0 Å². The van der Waals surface area contributed by atoms with Crippen molar-refractivity contribution in [2.75, 3.05) is 23.9 Å². The van der Waals surface area contributed by atoms with Crippen molar-refractivity contribution in [3.05, 3.63) is 54.1 Å². The van der Waals surface area contributed by atoms with Crippen LogP contribution in [0.15, 0.2) is 48.5 Å². The molecule has 2 aromatic rings. The Kier molecular flexibility index (Phi) is 5.03. The van der Waals surface area contributed by atoms with E-state index in [9.17, 15) is 9.59 Å². The Balaban J connectivity index is 1.72. The second-order valence-electron chi connectivity index (χ2n) is 6.12. The van der Waals surface area contributed by atoms with Gasteiger partial charge in [-0.15, -0.1) is 0 Å². The van der Waals surface area contributed by atoms with E-state index in [0.717, 1.165) is 17.7 Å². The number of methoxy groups -OCH3 is 1. The Morgan fingerprint density at radius 1 is 1.24 bits per heavy atom. The molecule has 1 aliphatic heterocycles. The van der Waals surface area contributed by atoms with Crippen LogP contribution >= 0.6 is 0 Å². The van der Waals surface area contributed by atoms with E-state index in [2.05, 4.69) is 12.2 Å². The van der Waals surface area contributed by atoms with Crippen LogP contribution in [0.25, 0.3) is 0 Å². The number of rotatable bonds is 5. The molecule has 130 valence electrons. The molecular formula is C20H22N2O3. The fourth-order valence-electron chi connectivity index (χ4n) is 3.08. The minimum absolute atomic E-state index is 0.0630. The topological polar surface area (TPSA) is 58.6 Å². The summed E-state index contributed by atoms with van der Waals surface area (Å²) in [5, 5.41) is 2.93. The lowest BCUT2D eigenvalue weighted by Gasteiger charge is -2.19. The SMILES string of the molecule is CCc1cccc(NC(=O)C2CC(=O)N(c3ccccc3OC)C2)c1. The van der Waals surface area contributed by atoms with Crippen LogP contribution in [0.2, 0.25) is 0 Å². The Bertz CT molecular complexity index is 788. The highest BCUT2D eigenvalue weighted by Crippen LogP contribution is 2.33. The van der Waals surface area contributed by atoms with E-state index >= 15 is 0 Å². The molecule has 0 aromatic heterocycles. The second kappa shape index (κ2) is 7.38. The number of nitrogens with zero attached hydrogens (tertiary/aromatic N) is 1. The predicted molar refractivity (Wildman–Crippen MR) is 97.9 cm³/mol. The summed E-state index contributed by atoms with van der Waals surface area (Å²) in [6, 6.07) is 15.1. The number of hydrogen-bond donors (Lipinski definition) is 1. The van der Waals surface area contributed by atoms with Crippen LogP contribution in [0.3, 0.4) is 0 Å². The van der Waals surface area contributed by atoms with Crippen molar-refractivity contribution >= 4 is 23.2 Å². The quantitative estimate of drug-likeness (QED) is 0.910. The maximum Gasteiger partial charge on any atom is 0.229 e. The monoisotopic (exact) mass is 338 g/mol. The van der Waals surface area contributed by atoms with Gasteiger partial charge in [-0.05, 0) is 36.2 Å². The standard InChI is InChI=1S/C20H22N2O3/c1-3-14-7-6-8-16(11-14)21-20(24)15-12-19(23)22(13-15)17-9-4-5-10-18(17)25-2/h4-11,15H,3,12-13H2,1-2H3,(H,21,24). The lowest BCUT2D eigenvalue weighted by atomic mass is 10.1. The molecule has 0 spiro atoms. The van der Waals surface area contributed by atoms with Gasteiger partial charge >= 0.3 is 0 Å². The van der Waals surface area contributed by atoms with Crippen molar-refractivity contribution in [1.82, 2.24) is 0 Å². The molecule has 5 nitrogen and oxygen atoms in total. The van der Waals surface area contributed by atoms with Crippen LogP contribution in [0.1, 0.15) is 18.9 Å². The van der Waals surface area contributed by atoms with E-state index in [1.54, 1.807) is 12.0 Å². The van der Waals surface area contributed by atoms with Gasteiger partial charge in [-0.1, -0.05) is 31.2 Å². The normalized spacial score (nSPS) is 16.8. The van der Waals surface area contributed by atoms with Crippen molar-refractivity contribution in [1.29, 1.82) is 0 Å². The fourth-order valence-corrected chi connectivity index (χ4v) is 3.08. The number of nitrogens with one attached hydrogen (secondary N) is 1. The Labute approximate surface area is 147 Å². The van der Waals surface area contributed by atoms with Crippen LogP contribution in [0.5, 0.6) is 5.75 Å². The van der Waals surface area contributed by atoms with Gasteiger partial charge in [0.05, 0.1) is 18.7 Å². The van der Waals surface area contributed by atoms with Crippen LogP contribution in [-0.2, 0) is 16.0 Å². The summed E-state index contributed by atoms with van der Waals surface area (Å²) in [6.45, 7) is 2.43. The fraction of sp³-hybridized carbons (Fsp3) is 0.300. The molecule has 3 rings (SSSR count). The molecule has 0 radical (unpaired) electrons. The van der Waals surface area contributed by atoms with Gasteiger partial charge in [-0.25, -0.2) is 0 Å². The molecule has 5 heteroatoms. The highest BCUT2D eigenvalue weighted by Gasteiger charge is 2.36. The molecule has 0 aliphatic carbocycles. The third-order valence-corrected chi connectivity index (χ3v) is 4.47. The molecule has 0 saturated carbocycles. The molecule has 2 aromatic carbocycles. The Morgan fingerprint density at radius 3 is 2.80 bits per heavy atom. The van der Waals surface area contributed by atoms with Gasteiger partial charge in [0.15, 0.2) is 0 Å². The first-order valence-electron chi connectivity index (χ1n) is 8.45. The van der Waals surface area contributed by atoms with Crippen LogP contribution < -0.4 is 15.0 Å². The van der Waals surface area contributed by atoms with Crippen molar-refractivity contribution < 1.29 is 14.3 Å². The maximum atomic E-state index is 12.6. The van der Waals surface area contributed by atoms with Crippen molar-refractivity contribution in [3.8, 4) is 5.75 Å². The summed E-state index contributed by atoms with van der Waals surface area (Å²) < 4.78 is 5.33. The second-order valence-corrected chi connectivity index (χ2v) is 6.12. The molecule has 1 atom stereocenters. The first-order chi connectivity index (χ1) is 12.1. The lowest BCUT2D eigenvalue weighted by molar-refractivity contribution is -0.122. The van der Waals surface area contributed by atoms with Gasteiger partial charge < -0.3 is 15.0 Å². The molecule has 1 N–H and O–H groups in total. The van der Waals surface area contributed by atoms with Gasteiger partial charge in [0, 0.05) is 18.7 Å². The van der Waals surface area contributed by atoms with Crippen LogP contribution in [-0.4, -0.2) is 25.5 Å². The van der Waals surface area contributed by atoms with E-state index in [4.69, 9.17) is 4.74 Å². The Morgan fingerprint density at radius 2 is 2.04 bits per heavy atom. The van der Waals surface area contributed by atoms with Crippen molar-refractivity contribution in [2.45, 2.75) is 19.8 Å². The number of amides is 2. The van der Waals surface area contributed by atoms with Crippen molar-refractivity contribution in [2.24, 2.45) is 5.92 Å². The minimum atomic E-state index is -0.373. The van der Waals surface area contributed by atoms with E-state index in [0.29, 0.717) is 18.0 Å². The third kappa shape index (κ3) is 3.65. The largest absolute Gasteiger partial charge is 0.495 e. The number of aryl methyl sites for hydroxylation is 1. The summed E-state index contributed by atoms with van der Waals surface area (Å²) in [6.07, 6.45) is 1.12. The molecular weight excluding hydrogens is 316 g/mol. The molecule has 1 heterocycles. The van der Waals surface area contributed by atoms with E-state index in [1.165, 1.54) is 0 Å². The molecule has 1 fully saturated rings. The molecule has 1 aliphatic rings. The zero-order chi connectivity index (χ0) is 17.8. The number of hydrogen-bond acceptors (Lipinski definition) is 3. The summed E-state index contributed by atoms with van der Waals surface area (Å²) in [4.78, 5) is 26.6. The predicted octanol–water partition coefficient (Wildman–Crippen LogP) is 3.25. The number of para-hydroxylation sites is 2. The van der Waals surface area contributed by atoms with Crippen LogP contribution in [0, 0.1) is 5.92 Å². The summed E-state index contributed by atoms with van der Waals surface area (Å²) in [7, 11) is 1.57. The smallest absolute Gasteiger partial charge is 0.229 e. The number of benzene rings is 2. The van der Waals surface area contributed by atoms with Crippen molar-refractivity contribution in [3.63, 3.8) is 0 Å². The van der Waals surface area contributed by atoms with Crippen LogP contribution in [0.4, 0.5) is 11.4 Å². The highest BCUT2D eigenvalue weighted by atomic mass is 16.5. The summed E-state index contributed by atoms with van der Waals surface area (Å²) in [5.41, 5.74) is 2.64. The first kappa shape index (κ1) is 17.0. The molecule has 1 saturated heterocycles. The average Bonchev–Trinajstić information content (AvgIpc) is 3.03. The molecule has 1 unspecified atom stereocenters. The zero-order valence-electron chi connectivity index (χ0n) is 14.5. The lowest BCUT2D eigenvalue weighted by Crippen LogP contribution is -2.28. The first-order valence-corrected chi connectivity index (χ1v) is 8.45. The van der Waals surface area contributed by atoms with Gasteiger partial charge in [0.25, 0.3) is 0 Å². The van der Waals surface area contributed by atoms with E-state index in [1.807, 2.05) is 48.5 Å². The molecule has 2 amide bonds. The number of carbonyl (C=O) groups excluding carboxylic acids is 2. The summed E-state index contributed by atoms with van der Waals surface area (Å²) >= 11 is 0. The molecule has 0 bridgehead atoms. The number of ether oxygens (including phenoxy) is 1. The maximum absolute atomic E-state index is 12.6. The van der Waals surface area contributed by atoms with E-state index in [-0.39, 0.29) is 24.2 Å². The zero-order valence-corrected chi connectivity index (χ0v) is 14.5. The number of carbonyl (C=O) groups is 2. The average molecular weight is 338 g/mol. The minimum Gasteiger partial charge on any atom is -0.495 e.